The Labute approximate surface area is 349 Å². The van der Waals surface area contributed by atoms with E-state index in [1.807, 2.05) is 0 Å². The lowest BCUT2D eigenvalue weighted by atomic mass is 10.1. The molecule has 0 radical (unpaired) electrons. The van der Waals surface area contributed by atoms with Crippen molar-refractivity contribution in [2.24, 2.45) is 0 Å². The molecule has 0 saturated carbocycles. The Morgan fingerprint density at radius 1 is 0.533 bits per heavy atom. The van der Waals surface area contributed by atoms with Crippen molar-refractivity contribution in [1.29, 1.82) is 0 Å². The van der Waals surface area contributed by atoms with E-state index in [1.165, 1.54) is 71.4 Å². The first-order chi connectivity index (χ1) is 28.1. The third-order valence-corrected chi connectivity index (χ3v) is 15.0. The molecule has 0 saturated heterocycles. The number of benzene rings is 4. The molecule has 4 aromatic rings. The molecule has 0 unspecified atom stereocenters. The smallest absolute Gasteiger partial charge is 0.295 e. The fourth-order valence-electron chi connectivity index (χ4n) is 5.98. The SMILES string of the molecule is CCN(CC)S(=O)(=O)c1cc(C(=O)Nc2ccc(/C=C/c3ccc(NC(=O)c4ccc(OC)c(S(=O)(=O)N(CC)CC)c4)cc3S(=O)(=O)O)c(S(=O)(=O)O)c2)ccc1OC. The maximum Gasteiger partial charge on any atom is 0.295 e. The third-order valence-electron chi connectivity index (χ3n) is 9.04. The quantitative estimate of drug-likeness (QED) is 0.0763. The number of hydrogen-bond acceptors (Lipinski definition) is 12. The summed E-state index contributed by atoms with van der Waals surface area (Å²) in [6.07, 6.45) is 2.22. The Bertz CT molecular complexity index is 2580. The van der Waals surface area contributed by atoms with Crippen molar-refractivity contribution in [1.82, 2.24) is 8.61 Å². The molecule has 18 nitrogen and oxygen atoms in total. The zero-order valence-electron chi connectivity index (χ0n) is 33.2. The average Bonchev–Trinajstić information content (AvgIpc) is 3.20. The van der Waals surface area contributed by atoms with Crippen molar-refractivity contribution < 1.29 is 61.8 Å². The number of sulfonamides is 2. The maximum atomic E-state index is 13.3. The van der Waals surface area contributed by atoms with Gasteiger partial charge >= 0.3 is 0 Å². The Hall–Kier alpha value is -5.20. The van der Waals surface area contributed by atoms with Crippen molar-refractivity contribution in [2.45, 2.75) is 47.3 Å². The lowest BCUT2D eigenvalue weighted by Gasteiger charge is -2.20. The van der Waals surface area contributed by atoms with Crippen LogP contribution in [0.4, 0.5) is 11.4 Å². The summed E-state index contributed by atoms with van der Waals surface area (Å²) in [6, 6.07) is 14.2. The van der Waals surface area contributed by atoms with Crippen LogP contribution in [0, 0.1) is 0 Å². The molecule has 2 amide bonds. The van der Waals surface area contributed by atoms with Crippen LogP contribution >= 0.6 is 0 Å². The largest absolute Gasteiger partial charge is 0.495 e. The highest BCUT2D eigenvalue weighted by Gasteiger charge is 2.29. The number of nitrogens with one attached hydrogen (secondary N) is 2. The maximum absolute atomic E-state index is 13.3. The molecule has 22 heteroatoms. The van der Waals surface area contributed by atoms with Gasteiger partial charge in [-0.25, -0.2) is 16.8 Å². The fraction of sp³-hybridized carbons (Fsp3) is 0.263. The first-order valence-corrected chi connectivity index (χ1v) is 23.7. The molecule has 0 spiro atoms. The van der Waals surface area contributed by atoms with Crippen LogP contribution in [0.15, 0.2) is 92.4 Å². The zero-order valence-corrected chi connectivity index (χ0v) is 36.5. The number of anilines is 2. The molecular formula is C38H44N4O14S4. The number of carbonyl (C=O) groups is 2. The van der Waals surface area contributed by atoms with Crippen molar-refractivity contribution in [3.05, 3.63) is 95.1 Å². The standard InChI is InChI=1S/C38H44N4O14S4/c1-7-41(8-2)57(45,46)35-21-27(15-19-31(35)55-5)37(43)39-29-17-13-25(33(23-29)59(49,50)51)11-12-26-14-18-30(24-34(26)60(52,53)54)40-38(44)28-16-20-32(56-6)36(22-28)58(47,48)42(9-3)10-4/h11-24H,7-10H2,1-6H3,(H,39,43)(H,40,44)(H,49,50,51)(H,52,53,54)/b12-11+. The molecule has 0 atom stereocenters. The van der Waals surface area contributed by atoms with Crippen molar-refractivity contribution in [3.8, 4) is 11.5 Å². The molecule has 0 aromatic heterocycles. The topological polar surface area (TPSA) is 260 Å². The summed E-state index contributed by atoms with van der Waals surface area (Å²) in [4.78, 5) is 24.6. The van der Waals surface area contributed by atoms with Gasteiger partial charge in [-0.05, 0) is 71.8 Å². The average molecular weight is 909 g/mol. The highest BCUT2D eigenvalue weighted by molar-refractivity contribution is 7.89. The van der Waals surface area contributed by atoms with Crippen LogP contribution in [0.3, 0.4) is 0 Å². The van der Waals surface area contributed by atoms with Gasteiger partial charge in [0.2, 0.25) is 20.0 Å². The van der Waals surface area contributed by atoms with Crippen LogP contribution in [-0.2, 0) is 40.3 Å². The van der Waals surface area contributed by atoms with Gasteiger partial charge in [0.25, 0.3) is 32.1 Å². The molecule has 0 heterocycles. The van der Waals surface area contributed by atoms with Crippen molar-refractivity contribution in [2.75, 3.05) is 51.0 Å². The van der Waals surface area contributed by atoms with Crippen LogP contribution < -0.4 is 20.1 Å². The van der Waals surface area contributed by atoms with Crippen LogP contribution in [0.1, 0.15) is 59.5 Å². The first kappa shape index (κ1) is 47.5. The minimum atomic E-state index is -4.99. The summed E-state index contributed by atoms with van der Waals surface area (Å²) >= 11 is 0. The van der Waals surface area contributed by atoms with E-state index in [4.69, 9.17) is 9.47 Å². The van der Waals surface area contributed by atoms with Gasteiger partial charge in [-0.15, -0.1) is 0 Å². The number of amides is 2. The molecular weight excluding hydrogens is 865 g/mol. The molecule has 0 aliphatic carbocycles. The van der Waals surface area contributed by atoms with Crippen molar-refractivity contribution >= 4 is 75.6 Å². The van der Waals surface area contributed by atoms with Gasteiger partial charge in [-0.3, -0.25) is 18.7 Å². The van der Waals surface area contributed by atoms with Crippen LogP contribution in [0.2, 0.25) is 0 Å². The number of hydrogen-bond donors (Lipinski definition) is 4. The number of methoxy groups -OCH3 is 2. The van der Waals surface area contributed by atoms with Crippen LogP contribution in [0.5, 0.6) is 11.5 Å². The molecule has 4 rings (SSSR count). The Balaban J connectivity index is 1.65. The van der Waals surface area contributed by atoms with Gasteiger partial charge in [-0.2, -0.15) is 25.4 Å². The van der Waals surface area contributed by atoms with Gasteiger partial charge < -0.3 is 20.1 Å². The van der Waals surface area contributed by atoms with E-state index in [2.05, 4.69) is 10.6 Å². The van der Waals surface area contributed by atoms with E-state index >= 15 is 0 Å². The summed E-state index contributed by atoms with van der Waals surface area (Å²) in [5, 5.41) is 4.92. The molecule has 0 aliphatic rings. The Morgan fingerprint density at radius 3 is 1.15 bits per heavy atom. The van der Waals surface area contributed by atoms with Crippen LogP contribution in [0.25, 0.3) is 12.2 Å². The molecule has 4 aromatic carbocycles. The summed E-state index contributed by atoms with van der Waals surface area (Å²) in [7, 11) is -15.6. The summed E-state index contributed by atoms with van der Waals surface area (Å²) in [5.74, 6) is -1.68. The third kappa shape index (κ3) is 10.6. The molecule has 4 N–H and O–H groups in total. The molecule has 0 aliphatic heterocycles. The summed E-state index contributed by atoms with van der Waals surface area (Å²) in [5.41, 5.74) is -0.840. The van der Waals surface area contributed by atoms with Crippen LogP contribution in [-0.4, -0.2) is 104 Å². The van der Waals surface area contributed by atoms with E-state index in [-0.39, 0.29) is 81.1 Å². The highest BCUT2D eigenvalue weighted by atomic mass is 32.2. The normalized spacial score (nSPS) is 12.5. The lowest BCUT2D eigenvalue weighted by Crippen LogP contribution is -2.31. The molecule has 60 heavy (non-hydrogen) atoms. The molecule has 324 valence electrons. The van der Waals surface area contributed by atoms with Gasteiger partial charge in [-0.1, -0.05) is 52.0 Å². The van der Waals surface area contributed by atoms with E-state index < -0.39 is 61.9 Å². The van der Waals surface area contributed by atoms with Crippen molar-refractivity contribution in [3.63, 3.8) is 0 Å². The van der Waals surface area contributed by atoms with E-state index in [9.17, 15) is 52.4 Å². The second kappa shape index (κ2) is 19.0. The van der Waals surface area contributed by atoms with Gasteiger partial charge in [0.1, 0.15) is 31.1 Å². The van der Waals surface area contributed by atoms with E-state index in [1.54, 1.807) is 27.7 Å². The highest BCUT2D eigenvalue weighted by Crippen LogP contribution is 2.31. The molecule has 0 bridgehead atoms. The second-order valence-electron chi connectivity index (χ2n) is 12.6. The van der Waals surface area contributed by atoms with E-state index in [0.717, 1.165) is 36.4 Å². The second-order valence-corrected chi connectivity index (χ2v) is 19.2. The molecule has 0 fully saturated rings. The predicted molar refractivity (Wildman–Crippen MR) is 224 cm³/mol. The Kier molecular flexibility index (Phi) is 15.1. The minimum Gasteiger partial charge on any atom is -0.495 e. The van der Waals surface area contributed by atoms with Gasteiger partial charge in [0, 0.05) is 48.7 Å². The number of rotatable bonds is 18. The predicted octanol–water partition coefficient (Wildman–Crippen LogP) is 4.93. The number of carbonyl (C=O) groups excluding carboxylic acids is 2. The zero-order chi connectivity index (χ0) is 44.8. The number of nitrogens with zero attached hydrogens (tertiary/aromatic N) is 2. The summed E-state index contributed by atoms with van der Waals surface area (Å²) in [6.45, 7) is 7.20. The van der Waals surface area contributed by atoms with Gasteiger partial charge in [0.05, 0.1) is 14.2 Å². The van der Waals surface area contributed by atoms with Gasteiger partial charge in [0.15, 0.2) is 0 Å². The van der Waals surface area contributed by atoms with E-state index in [0.29, 0.717) is 0 Å². The monoisotopic (exact) mass is 908 g/mol. The Morgan fingerprint density at radius 2 is 0.867 bits per heavy atom. The first-order valence-electron chi connectivity index (χ1n) is 18.0. The number of ether oxygens (including phenoxy) is 2. The fourth-order valence-corrected chi connectivity index (χ4v) is 10.7. The summed E-state index contributed by atoms with van der Waals surface area (Å²) < 4.78 is 136. The lowest BCUT2D eigenvalue weighted by molar-refractivity contribution is 0.101. The minimum absolute atomic E-state index is 0.00661.